The maximum atomic E-state index is 14.5. The number of allylic oxidation sites excluding steroid dienone is 2. The van der Waals surface area contributed by atoms with E-state index < -0.39 is 0 Å². The average molecular weight is 402 g/mol. The highest BCUT2D eigenvalue weighted by molar-refractivity contribution is 5.71. The molecule has 1 N–H and O–H groups in total. The van der Waals surface area contributed by atoms with Crippen LogP contribution in [0.3, 0.4) is 0 Å². The molecule has 30 heavy (non-hydrogen) atoms. The fourth-order valence-corrected chi connectivity index (χ4v) is 3.34. The molecule has 0 amide bonds. The molecule has 0 aliphatic rings. The first-order valence-electron chi connectivity index (χ1n) is 10.4. The lowest BCUT2D eigenvalue weighted by atomic mass is 9.99. The van der Waals surface area contributed by atoms with E-state index in [1.54, 1.807) is 12.1 Å². The molecule has 0 fully saturated rings. The van der Waals surface area contributed by atoms with E-state index in [-0.39, 0.29) is 11.9 Å². The Morgan fingerprint density at radius 2 is 1.77 bits per heavy atom. The van der Waals surface area contributed by atoms with Gasteiger partial charge in [0.1, 0.15) is 5.82 Å². The second kappa shape index (κ2) is 10.7. The van der Waals surface area contributed by atoms with Crippen molar-refractivity contribution in [3.8, 4) is 22.3 Å². The zero-order valence-electron chi connectivity index (χ0n) is 17.4. The van der Waals surface area contributed by atoms with Gasteiger partial charge in [-0.3, -0.25) is 4.98 Å². The van der Waals surface area contributed by atoms with Gasteiger partial charge in [-0.25, -0.2) is 4.39 Å². The fraction of sp³-hybridized carbons (Fsp3) is 0.222. The van der Waals surface area contributed by atoms with Crippen LogP contribution in [0.1, 0.15) is 37.4 Å². The number of aliphatic hydroxyl groups excluding tert-OH is 1. The van der Waals surface area contributed by atoms with Crippen molar-refractivity contribution in [2.75, 3.05) is 0 Å². The molecule has 0 radical (unpaired) electrons. The number of aromatic nitrogens is 1. The van der Waals surface area contributed by atoms with Crippen LogP contribution >= 0.6 is 0 Å². The zero-order valence-corrected chi connectivity index (χ0v) is 17.4. The predicted octanol–water partition coefficient (Wildman–Crippen LogP) is 6.85. The van der Waals surface area contributed by atoms with Gasteiger partial charge in [-0.1, -0.05) is 54.6 Å². The SMILES string of the molecule is C=CCc1ccc(-c2ccc(-c3ccc(/C=C/CCCC(C)O)nc3)cc2)c(F)c1. The molecule has 0 saturated carbocycles. The zero-order chi connectivity index (χ0) is 21.3. The van der Waals surface area contributed by atoms with E-state index in [4.69, 9.17) is 0 Å². The molecule has 1 atom stereocenters. The van der Waals surface area contributed by atoms with Crippen molar-refractivity contribution >= 4 is 6.08 Å². The Hall–Kier alpha value is -3.04. The summed E-state index contributed by atoms with van der Waals surface area (Å²) in [5.74, 6) is -0.214. The topological polar surface area (TPSA) is 33.1 Å². The molecule has 3 aromatic rings. The predicted molar refractivity (Wildman–Crippen MR) is 124 cm³/mol. The van der Waals surface area contributed by atoms with Gasteiger partial charge in [0.15, 0.2) is 0 Å². The summed E-state index contributed by atoms with van der Waals surface area (Å²) in [5, 5.41) is 9.28. The third-order valence-electron chi connectivity index (χ3n) is 5.01. The summed E-state index contributed by atoms with van der Waals surface area (Å²) in [6.07, 6.45) is 10.9. The Labute approximate surface area is 178 Å². The lowest BCUT2D eigenvalue weighted by Crippen LogP contribution is -1.97. The number of hydrogen-bond acceptors (Lipinski definition) is 2. The van der Waals surface area contributed by atoms with E-state index in [0.717, 1.165) is 47.2 Å². The highest BCUT2D eigenvalue weighted by Gasteiger charge is 2.07. The molecule has 1 heterocycles. The van der Waals surface area contributed by atoms with E-state index >= 15 is 0 Å². The standard InChI is InChI=1S/C27H28FNO/c1-3-7-21-10-17-26(27(28)18-21)23-13-11-22(12-14-23)24-15-16-25(29-19-24)9-6-4-5-8-20(2)30/h3,6,9-20,30H,1,4-5,7-8H2,2H3/b9-6+. The molecule has 2 nitrogen and oxygen atoms in total. The van der Waals surface area contributed by atoms with Gasteiger partial charge in [-0.05, 0) is 67.5 Å². The highest BCUT2D eigenvalue weighted by Crippen LogP contribution is 2.27. The van der Waals surface area contributed by atoms with E-state index in [9.17, 15) is 9.50 Å². The number of aliphatic hydroxyl groups is 1. The fourth-order valence-electron chi connectivity index (χ4n) is 3.34. The van der Waals surface area contributed by atoms with E-state index in [2.05, 4.69) is 17.6 Å². The number of halogens is 1. The molecule has 0 spiro atoms. The van der Waals surface area contributed by atoms with Crippen molar-refractivity contribution in [3.05, 3.63) is 96.6 Å². The summed E-state index contributed by atoms with van der Waals surface area (Å²) in [6, 6.07) is 17.2. The van der Waals surface area contributed by atoms with Gasteiger partial charge in [0.25, 0.3) is 0 Å². The third kappa shape index (κ3) is 5.98. The first kappa shape index (κ1) is 21.7. The Morgan fingerprint density at radius 1 is 1.03 bits per heavy atom. The Bertz CT molecular complexity index is 988. The molecule has 0 aliphatic carbocycles. The van der Waals surface area contributed by atoms with Gasteiger partial charge < -0.3 is 5.11 Å². The normalized spacial score (nSPS) is 12.2. The lowest BCUT2D eigenvalue weighted by Gasteiger charge is -2.07. The Morgan fingerprint density at radius 3 is 2.40 bits per heavy atom. The van der Waals surface area contributed by atoms with Crippen molar-refractivity contribution in [1.29, 1.82) is 0 Å². The van der Waals surface area contributed by atoms with Gasteiger partial charge in [0.05, 0.1) is 11.8 Å². The van der Waals surface area contributed by atoms with Crippen LogP contribution in [0.25, 0.3) is 28.3 Å². The summed E-state index contributed by atoms with van der Waals surface area (Å²) in [7, 11) is 0. The number of pyridine rings is 1. The van der Waals surface area contributed by atoms with E-state index in [1.807, 2.05) is 67.7 Å². The number of unbranched alkanes of at least 4 members (excludes halogenated alkanes) is 1. The van der Waals surface area contributed by atoms with Gasteiger partial charge in [0, 0.05) is 17.3 Å². The average Bonchev–Trinajstić information content (AvgIpc) is 2.74. The maximum absolute atomic E-state index is 14.5. The summed E-state index contributed by atoms with van der Waals surface area (Å²) >= 11 is 0. The summed E-state index contributed by atoms with van der Waals surface area (Å²) in [6.45, 7) is 5.51. The highest BCUT2D eigenvalue weighted by atomic mass is 19.1. The molecule has 0 aliphatic heterocycles. The van der Waals surface area contributed by atoms with Crippen LogP contribution in [0.15, 0.2) is 79.5 Å². The molecule has 1 unspecified atom stereocenters. The molecule has 2 aromatic carbocycles. The minimum Gasteiger partial charge on any atom is -0.393 e. The summed E-state index contributed by atoms with van der Waals surface area (Å²) in [5.41, 5.74) is 5.35. The van der Waals surface area contributed by atoms with Crippen molar-refractivity contribution < 1.29 is 9.50 Å². The van der Waals surface area contributed by atoms with E-state index in [0.29, 0.717) is 12.0 Å². The smallest absolute Gasteiger partial charge is 0.131 e. The van der Waals surface area contributed by atoms with E-state index in [1.165, 1.54) is 0 Å². The van der Waals surface area contributed by atoms with Crippen LogP contribution in [0.4, 0.5) is 4.39 Å². The number of nitrogens with zero attached hydrogens (tertiary/aromatic N) is 1. The second-order valence-corrected chi connectivity index (χ2v) is 7.54. The second-order valence-electron chi connectivity index (χ2n) is 7.54. The number of rotatable bonds is 9. The first-order valence-corrected chi connectivity index (χ1v) is 10.4. The van der Waals surface area contributed by atoms with Crippen LogP contribution in [0, 0.1) is 5.82 Å². The molecule has 0 bridgehead atoms. The van der Waals surface area contributed by atoms with Crippen molar-refractivity contribution in [2.24, 2.45) is 0 Å². The lowest BCUT2D eigenvalue weighted by molar-refractivity contribution is 0.182. The van der Waals surface area contributed by atoms with Crippen LogP contribution in [0.2, 0.25) is 0 Å². The summed E-state index contributed by atoms with van der Waals surface area (Å²) < 4.78 is 14.5. The molecule has 3 heteroatoms. The van der Waals surface area contributed by atoms with Crippen molar-refractivity contribution in [3.63, 3.8) is 0 Å². The Balaban J connectivity index is 1.66. The van der Waals surface area contributed by atoms with Crippen LogP contribution in [-0.2, 0) is 6.42 Å². The van der Waals surface area contributed by atoms with Gasteiger partial charge in [0.2, 0.25) is 0 Å². The third-order valence-corrected chi connectivity index (χ3v) is 5.01. The van der Waals surface area contributed by atoms with Gasteiger partial charge in [-0.15, -0.1) is 6.58 Å². The Kier molecular flexibility index (Phi) is 7.69. The first-order chi connectivity index (χ1) is 14.6. The number of benzene rings is 2. The maximum Gasteiger partial charge on any atom is 0.131 e. The van der Waals surface area contributed by atoms with Crippen molar-refractivity contribution in [2.45, 2.75) is 38.7 Å². The molecular formula is C27H28FNO. The minimum absolute atomic E-state index is 0.214. The van der Waals surface area contributed by atoms with Crippen LogP contribution in [0.5, 0.6) is 0 Å². The number of hydrogen-bond donors (Lipinski definition) is 1. The van der Waals surface area contributed by atoms with Gasteiger partial charge >= 0.3 is 0 Å². The molecule has 1 aromatic heterocycles. The molecule has 0 saturated heterocycles. The largest absolute Gasteiger partial charge is 0.393 e. The monoisotopic (exact) mass is 401 g/mol. The molecule has 3 rings (SSSR count). The van der Waals surface area contributed by atoms with Gasteiger partial charge in [-0.2, -0.15) is 0 Å². The van der Waals surface area contributed by atoms with Crippen LogP contribution < -0.4 is 0 Å². The summed E-state index contributed by atoms with van der Waals surface area (Å²) in [4.78, 5) is 4.51. The quantitative estimate of drug-likeness (QED) is 0.314. The van der Waals surface area contributed by atoms with Crippen molar-refractivity contribution in [1.82, 2.24) is 4.98 Å². The minimum atomic E-state index is -0.240. The molecule has 154 valence electrons. The molecular weight excluding hydrogens is 373 g/mol. The van der Waals surface area contributed by atoms with Crippen LogP contribution in [-0.4, -0.2) is 16.2 Å².